The van der Waals surface area contributed by atoms with E-state index in [1.165, 1.54) is 0 Å². The van der Waals surface area contributed by atoms with E-state index < -0.39 is 0 Å². The molecule has 2 aromatic rings. The molecule has 122 valence electrons. The van der Waals surface area contributed by atoms with Gasteiger partial charge in [-0.25, -0.2) is 0 Å². The SMILES string of the molecule is CCN1CCN(C(=O)CSc2cccc3cccc(Cl)c23)CC1. The highest BCUT2D eigenvalue weighted by Gasteiger charge is 2.20. The Morgan fingerprint density at radius 3 is 2.52 bits per heavy atom. The number of piperazine rings is 1. The van der Waals surface area contributed by atoms with Gasteiger partial charge in [0, 0.05) is 41.5 Å². The predicted molar refractivity (Wildman–Crippen MR) is 98.4 cm³/mol. The molecule has 5 heteroatoms. The molecule has 0 aliphatic carbocycles. The van der Waals surface area contributed by atoms with Crippen LogP contribution in [-0.2, 0) is 4.79 Å². The maximum atomic E-state index is 12.4. The predicted octanol–water partition coefficient (Wildman–Crippen LogP) is 3.75. The average Bonchev–Trinajstić information content (AvgIpc) is 2.60. The minimum atomic E-state index is 0.217. The molecule has 0 N–H and O–H groups in total. The maximum Gasteiger partial charge on any atom is 0.233 e. The van der Waals surface area contributed by atoms with E-state index in [1.54, 1.807) is 11.8 Å². The molecule has 1 saturated heterocycles. The molecule has 2 aromatic carbocycles. The molecule has 0 spiro atoms. The fraction of sp³-hybridized carbons (Fsp3) is 0.389. The van der Waals surface area contributed by atoms with E-state index in [2.05, 4.69) is 24.0 Å². The third-order valence-corrected chi connectivity index (χ3v) is 5.70. The van der Waals surface area contributed by atoms with Gasteiger partial charge in [-0.2, -0.15) is 0 Å². The van der Waals surface area contributed by atoms with Crippen molar-refractivity contribution >= 4 is 40.0 Å². The summed E-state index contributed by atoms with van der Waals surface area (Å²) in [6.07, 6.45) is 0. The highest BCUT2D eigenvalue weighted by Crippen LogP contribution is 2.33. The average molecular weight is 349 g/mol. The summed E-state index contributed by atoms with van der Waals surface area (Å²) in [5.41, 5.74) is 0. The van der Waals surface area contributed by atoms with Crippen molar-refractivity contribution in [3.05, 3.63) is 41.4 Å². The summed E-state index contributed by atoms with van der Waals surface area (Å²) in [5.74, 6) is 0.686. The topological polar surface area (TPSA) is 23.6 Å². The van der Waals surface area contributed by atoms with Gasteiger partial charge >= 0.3 is 0 Å². The molecule has 1 fully saturated rings. The number of carbonyl (C=O) groups is 1. The summed E-state index contributed by atoms with van der Waals surface area (Å²) >= 11 is 7.93. The number of fused-ring (bicyclic) bond motifs is 1. The van der Waals surface area contributed by atoms with E-state index in [0.29, 0.717) is 5.75 Å². The molecule has 0 radical (unpaired) electrons. The van der Waals surface area contributed by atoms with Crippen LogP contribution in [0.2, 0.25) is 5.02 Å². The van der Waals surface area contributed by atoms with Crippen molar-refractivity contribution in [3.8, 4) is 0 Å². The minimum Gasteiger partial charge on any atom is -0.339 e. The van der Waals surface area contributed by atoms with Gasteiger partial charge in [-0.3, -0.25) is 4.79 Å². The second-order valence-corrected chi connectivity index (χ2v) is 7.12. The van der Waals surface area contributed by atoms with Crippen LogP contribution in [0.15, 0.2) is 41.3 Å². The quantitative estimate of drug-likeness (QED) is 0.786. The zero-order chi connectivity index (χ0) is 16.2. The van der Waals surface area contributed by atoms with Gasteiger partial charge in [0.05, 0.1) is 5.75 Å². The van der Waals surface area contributed by atoms with Crippen LogP contribution >= 0.6 is 23.4 Å². The van der Waals surface area contributed by atoms with Gasteiger partial charge in [-0.15, -0.1) is 11.8 Å². The fourth-order valence-corrected chi connectivity index (χ4v) is 4.27. The van der Waals surface area contributed by atoms with Crippen molar-refractivity contribution < 1.29 is 4.79 Å². The van der Waals surface area contributed by atoms with Crippen molar-refractivity contribution in [3.63, 3.8) is 0 Å². The van der Waals surface area contributed by atoms with Gasteiger partial charge in [-0.05, 0) is 24.1 Å². The number of benzene rings is 2. The Bertz CT molecular complexity index is 693. The molecule has 0 atom stereocenters. The molecule has 0 bridgehead atoms. The highest BCUT2D eigenvalue weighted by atomic mass is 35.5. The fourth-order valence-electron chi connectivity index (χ4n) is 2.93. The summed E-state index contributed by atoms with van der Waals surface area (Å²) in [5, 5.41) is 2.91. The first-order valence-electron chi connectivity index (χ1n) is 7.99. The van der Waals surface area contributed by atoms with Crippen LogP contribution < -0.4 is 0 Å². The Morgan fingerprint density at radius 1 is 1.13 bits per heavy atom. The normalized spacial score (nSPS) is 16.0. The maximum absolute atomic E-state index is 12.4. The van der Waals surface area contributed by atoms with Gasteiger partial charge in [0.1, 0.15) is 0 Å². The number of carbonyl (C=O) groups excluding carboxylic acids is 1. The van der Waals surface area contributed by atoms with Crippen LogP contribution in [0.5, 0.6) is 0 Å². The van der Waals surface area contributed by atoms with E-state index in [1.807, 2.05) is 29.2 Å². The van der Waals surface area contributed by atoms with Crippen LogP contribution in [0.25, 0.3) is 10.8 Å². The smallest absolute Gasteiger partial charge is 0.233 e. The number of thioether (sulfide) groups is 1. The molecule has 0 saturated carbocycles. The molecule has 3 nitrogen and oxygen atoms in total. The molecular weight excluding hydrogens is 328 g/mol. The minimum absolute atomic E-state index is 0.217. The third kappa shape index (κ3) is 3.82. The second kappa shape index (κ2) is 7.56. The van der Waals surface area contributed by atoms with Gasteiger partial charge in [0.15, 0.2) is 0 Å². The zero-order valence-electron chi connectivity index (χ0n) is 13.3. The largest absolute Gasteiger partial charge is 0.339 e. The van der Waals surface area contributed by atoms with E-state index in [9.17, 15) is 4.79 Å². The van der Waals surface area contributed by atoms with Crippen LogP contribution in [0.3, 0.4) is 0 Å². The van der Waals surface area contributed by atoms with E-state index in [-0.39, 0.29) is 5.91 Å². The molecule has 23 heavy (non-hydrogen) atoms. The lowest BCUT2D eigenvalue weighted by Gasteiger charge is -2.34. The number of nitrogens with zero attached hydrogens (tertiary/aromatic N) is 2. The standard InChI is InChI=1S/C18H21ClN2OS/c1-2-20-9-11-21(12-10-20)17(22)13-23-16-8-4-6-14-5-3-7-15(19)18(14)16/h3-8H,2,9-13H2,1H3. The first kappa shape index (κ1) is 16.6. The van der Waals surface area contributed by atoms with Crippen LogP contribution in [-0.4, -0.2) is 54.2 Å². The summed E-state index contributed by atoms with van der Waals surface area (Å²) in [6.45, 7) is 6.86. The van der Waals surface area contributed by atoms with Gasteiger partial charge in [-0.1, -0.05) is 42.8 Å². The van der Waals surface area contributed by atoms with Crippen molar-refractivity contribution in [1.82, 2.24) is 9.80 Å². The zero-order valence-corrected chi connectivity index (χ0v) is 14.9. The van der Waals surface area contributed by atoms with Crippen LogP contribution in [0.4, 0.5) is 0 Å². The van der Waals surface area contributed by atoms with Crippen LogP contribution in [0.1, 0.15) is 6.92 Å². The Hall–Kier alpha value is -1.23. The Balaban J connectivity index is 1.66. The van der Waals surface area contributed by atoms with Gasteiger partial charge < -0.3 is 9.80 Å². The van der Waals surface area contributed by atoms with Gasteiger partial charge in [0.2, 0.25) is 5.91 Å². The number of hydrogen-bond donors (Lipinski definition) is 0. The van der Waals surface area contributed by atoms with E-state index >= 15 is 0 Å². The molecule has 1 aliphatic rings. The number of amides is 1. The molecular formula is C18H21ClN2OS. The summed E-state index contributed by atoms with van der Waals surface area (Å²) < 4.78 is 0. The van der Waals surface area contributed by atoms with Crippen molar-refractivity contribution in [2.24, 2.45) is 0 Å². The summed E-state index contributed by atoms with van der Waals surface area (Å²) in [7, 11) is 0. The molecule has 1 heterocycles. The Labute approximate surface area is 146 Å². The third-order valence-electron chi connectivity index (χ3n) is 4.34. The monoisotopic (exact) mass is 348 g/mol. The lowest BCUT2D eigenvalue weighted by Crippen LogP contribution is -2.49. The van der Waals surface area contributed by atoms with Crippen molar-refractivity contribution in [2.45, 2.75) is 11.8 Å². The highest BCUT2D eigenvalue weighted by molar-refractivity contribution is 8.00. The molecule has 0 unspecified atom stereocenters. The second-order valence-electron chi connectivity index (χ2n) is 5.70. The van der Waals surface area contributed by atoms with E-state index in [0.717, 1.165) is 53.4 Å². The Morgan fingerprint density at radius 2 is 1.83 bits per heavy atom. The van der Waals surface area contributed by atoms with Gasteiger partial charge in [0.25, 0.3) is 0 Å². The summed E-state index contributed by atoms with van der Waals surface area (Å²) in [6, 6.07) is 12.0. The number of hydrogen-bond acceptors (Lipinski definition) is 3. The van der Waals surface area contributed by atoms with Crippen molar-refractivity contribution in [1.29, 1.82) is 0 Å². The first-order chi connectivity index (χ1) is 11.2. The number of halogens is 1. The lowest BCUT2D eigenvalue weighted by atomic mass is 10.1. The molecule has 1 aliphatic heterocycles. The Kier molecular flexibility index (Phi) is 5.46. The molecule has 0 aromatic heterocycles. The van der Waals surface area contributed by atoms with Crippen LogP contribution in [0, 0.1) is 0 Å². The molecule has 3 rings (SSSR count). The lowest BCUT2D eigenvalue weighted by molar-refractivity contribution is -0.130. The first-order valence-corrected chi connectivity index (χ1v) is 9.35. The van der Waals surface area contributed by atoms with E-state index in [4.69, 9.17) is 11.6 Å². The van der Waals surface area contributed by atoms with Crippen molar-refractivity contribution in [2.75, 3.05) is 38.5 Å². The summed E-state index contributed by atoms with van der Waals surface area (Å²) in [4.78, 5) is 17.9. The number of rotatable bonds is 4. The number of likely N-dealkylation sites (N-methyl/N-ethyl adjacent to an activating group) is 1. The molecule has 1 amide bonds.